The van der Waals surface area contributed by atoms with E-state index in [4.69, 9.17) is 17.0 Å². The van der Waals surface area contributed by atoms with Crippen LogP contribution in [0.3, 0.4) is 0 Å². The molecule has 4 nitrogen and oxygen atoms in total. The maximum atomic E-state index is 12.7. The first-order valence-electron chi connectivity index (χ1n) is 7.42. The number of nitrogens with zero attached hydrogens (tertiary/aromatic N) is 1. The first kappa shape index (κ1) is 14.9. The molecule has 1 fully saturated rings. The van der Waals surface area contributed by atoms with Crippen molar-refractivity contribution in [2.75, 3.05) is 6.61 Å². The molecule has 0 aliphatic carbocycles. The summed E-state index contributed by atoms with van der Waals surface area (Å²) in [5.74, 6) is 0. The second kappa shape index (κ2) is 6.02. The minimum atomic E-state index is 0.0337. The molecule has 2 aromatic rings. The number of H-pyrrole nitrogens is 1. The van der Waals surface area contributed by atoms with Crippen LogP contribution >= 0.6 is 23.6 Å². The van der Waals surface area contributed by atoms with Gasteiger partial charge in [0.05, 0.1) is 11.5 Å². The van der Waals surface area contributed by atoms with Crippen molar-refractivity contribution >= 4 is 33.8 Å². The molecule has 0 aromatic carbocycles. The molecular formula is C15H20N2O2S2. The van der Waals surface area contributed by atoms with Gasteiger partial charge in [-0.2, -0.15) is 0 Å². The van der Waals surface area contributed by atoms with Crippen molar-refractivity contribution < 1.29 is 4.74 Å². The largest absolute Gasteiger partial charge is 0.378 e. The molecule has 1 atom stereocenters. The summed E-state index contributed by atoms with van der Waals surface area (Å²) in [5.41, 5.74) is 1.10. The van der Waals surface area contributed by atoms with Crippen molar-refractivity contribution in [3.63, 3.8) is 0 Å². The van der Waals surface area contributed by atoms with Gasteiger partial charge in [-0.25, -0.2) is 0 Å². The minimum absolute atomic E-state index is 0.0337. The average Bonchev–Trinajstić information content (AvgIpc) is 2.74. The van der Waals surface area contributed by atoms with E-state index in [1.807, 2.05) is 13.8 Å². The zero-order chi connectivity index (χ0) is 15.0. The number of aromatic nitrogens is 2. The van der Waals surface area contributed by atoms with E-state index in [9.17, 15) is 4.79 Å². The lowest BCUT2D eigenvalue weighted by Gasteiger charge is -2.22. The molecule has 1 N–H and O–H groups in total. The Morgan fingerprint density at radius 1 is 1.43 bits per heavy atom. The Morgan fingerprint density at radius 3 is 2.95 bits per heavy atom. The fraction of sp³-hybridized carbons (Fsp3) is 0.600. The van der Waals surface area contributed by atoms with Crippen LogP contribution in [-0.4, -0.2) is 22.3 Å². The summed E-state index contributed by atoms with van der Waals surface area (Å²) in [6, 6.07) is 0. The third-order valence-corrected chi connectivity index (χ3v) is 5.70. The van der Waals surface area contributed by atoms with Crippen LogP contribution in [0.4, 0.5) is 0 Å². The molecule has 1 saturated heterocycles. The summed E-state index contributed by atoms with van der Waals surface area (Å²) in [4.78, 5) is 18.0. The average molecular weight is 324 g/mol. The molecule has 3 heterocycles. The second-order valence-electron chi connectivity index (χ2n) is 5.65. The number of aryl methyl sites for hydroxylation is 2. The third-order valence-electron chi connectivity index (χ3n) is 4.26. The second-order valence-corrected chi connectivity index (χ2v) is 7.26. The van der Waals surface area contributed by atoms with Crippen LogP contribution in [0.15, 0.2) is 4.79 Å². The van der Waals surface area contributed by atoms with Crippen LogP contribution < -0.4 is 5.56 Å². The Bertz CT molecular complexity index is 766. The molecule has 1 aliphatic rings. The van der Waals surface area contributed by atoms with E-state index in [0.717, 1.165) is 41.6 Å². The molecule has 0 saturated carbocycles. The number of ether oxygens (including phenoxy) is 1. The molecule has 1 aliphatic heterocycles. The van der Waals surface area contributed by atoms with Crippen molar-refractivity contribution in [3.8, 4) is 0 Å². The van der Waals surface area contributed by atoms with Gasteiger partial charge in [0.2, 0.25) is 0 Å². The molecular weight excluding hydrogens is 304 g/mol. The van der Waals surface area contributed by atoms with E-state index < -0.39 is 0 Å². The summed E-state index contributed by atoms with van der Waals surface area (Å²) in [6.07, 6.45) is 4.57. The predicted octanol–water partition coefficient (Wildman–Crippen LogP) is 3.70. The Balaban J connectivity index is 1.92. The van der Waals surface area contributed by atoms with Crippen molar-refractivity contribution in [1.82, 2.24) is 9.55 Å². The van der Waals surface area contributed by atoms with Gasteiger partial charge in [-0.3, -0.25) is 9.36 Å². The highest BCUT2D eigenvalue weighted by atomic mass is 32.1. The van der Waals surface area contributed by atoms with Gasteiger partial charge in [0, 0.05) is 18.0 Å². The Kier molecular flexibility index (Phi) is 4.28. The van der Waals surface area contributed by atoms with Crippen LogP contribution in [0.25, 0.3) is 10.2 Å². The number of rotatable bonds is 3. The molecule has 6 heteroatoms. The highest BCUT2D eigenvalue weighted by molar-refractivity contribution is 7.71. The minimum Gasteiger partial charge on any atom is -0.378 e. The van der Waals surface area contributed by atoms with E-state index in [0.29, 0.717) is 11.3 Å². The topological polar surface area (TPSA) is 47.0 Å². The monoisotopic (exact) mass is 324 g/mol. The normalized spacial score (nSPS) is 19.2. The molecule has 0 spiro atoms. The van der Waals surface area contributed by atoms with Gasteiger partial charge in [-0.1, -0.05) is 0 Å². The van der Waals surface area contributed by atoms with E-state index in [-0.39, 0.29) is 11.7 Å². The van der Waals surface area contributed by atoms with E-state index >= 15 is 0 Å². The number of nitrogens with one attached hydrogen (secondary N) is 1. The summed E-state index contributed by atoms with van der Waals surface area (Å²) in [7, 11) is 0. The van der Waals surface area contributed by atoms with Crippen molar-refractivity contribution in [2.45, 2.75) is 52.2 Å². The fourth-order valence-electron chi connectivity index (χ4n) is 2.88. The molecule has 0 bridgehead atoms. The quantitative estimate of drug-likeness (QED) is 0.876. The highest BCUT2D eigenvalue weighted by Crippen LogP contribution is 2.26. The first-order valence-corrected chi connectivity index (χ1v) is 8.65. The lowest BCUT2D eigenvalue weighted by molar-refractivity contribution is 0.00859. The Morgan fingerprint density at radius 2 is 2.24 bits per heavy atom. The number of fused-ring (bicyclic) bond motifs is 1. The van der Waals surface area contributed by atoms with E-state index in [1.54, 1.807) is 15.9 Å². The standard InChI is InChI=1S/C15H20N2O2S2/c1-9-10(2)21-13-12(9)14(18)17(15(20)16-13)7-6-11-5-3-4-8-19-11/h11H,3-8H2,1-2H3,(H,16,20). The Hall–Kier alpha value is -0.980. The van der Waals surface area contributed by atoms with Gasteiger partial charge in [-0.15, -0.1) is 11.3 Å². The first-order chi connectivity index (χ1) is 10.1. The molecule has 0 radical (unpaired) electrons. The van der Waals surface area contributed by atoms with Gasteiger partial charge in [0.15, 0.2) is 4.77 Å². The van der Waals surface area contributed by atoms with E-state index in [1.165, 1.54) is 11.3 Å². The molecule has 1 unspecified atom stereocenters. The zero-order valence-corrected chi connectivity index (χ0v) is 14.0. The molecule has 3 rings (SSSR count). The predicted molar refractivity (Wildman–Crippen MR) is 89.0 cm³/mol. The lowest BCUT2D eigenvalue weighted by Crippen LogP contribution is -2.26. The summed E-state index contributed by atoms with van der Waals surface area (Å²) in [5, 5.41) is 0.788. The number of aromatic amines is 1. The van der Waals surface area contributed by atoms with Crippen LogP contribution in [0.1, 0.15) is 36.1 Å². The van der Waals surface area contributed by atoms with Crippen molar-refractivity contribution in [3.05, 3.63) is 25.6 Å². The van der Waals surface area contributed by atoms with Gasteiger partial charge in [-0.05, 0) is 57.3 Å². The number of hydrogen-bond acceptors (Lipinski definition) is 4. The maximum Gasteiger partial charge on any atom is 0.263 e. The Labute approximate surface area is 132 Å². The van der Waals surface area contributed by atoms with E-state index in [2.05, 4.69) is 4.98 Å². The van der Waals surface area contributed by atoms with Crippen LogP contribution in [0, 0.1) is 18.6 Å². The van der Waals surface area contributed by atoms with Crippen LogP contribution in [0.5, 0.6) is 0 Å². The van der Waals surface area contributed by atoms with Gasteiger partial charge in [0.25, 0.3) is 5.56 Å². The molecule has 114 valence electrons. The van der Waals surface area contributed by atoms with Gasteiger partial charge < -0.3 is 9.72 Å². The van der Waals surface area contributed by atoms with Gasteiger partial charge >= 0.3 is 0 Å². The SMILES string of the molecule is Cc1sc2[nH]c(=S)n(CCC3CCCCO3)c(=O)c2c1C. The smallest absolute Gasteiger partial charge is 0.263 e. The lowest BCUT2D eigenvalue weighted by atomic mass is 10.1. The number of hydrogen-bond donors (Lipinski definition) is 1. The summed E-state index contributed by atoms with van der Waals surface area (Å²) < 4.78 is 7.94. The molecule has 21 heavy (non-hydrogen) atoms. The molecule has 0 amide bonds. The summed E-state index contributed by atoms with van der Waals surface area (Å²) >= 11 is 6.96. The highest BCUT2D eigenvalue weighted by Gasteiger charge is 2.16. The zero-order valence-electron chi connectivity index (χ0n) is 12.4. The fourth-order valence-corrected chi connectivity index (χ4v) is 4.27. The van der Waals surface area contributed by atoms with Crippen LogP contribution in [-0.2, 0) is 11.3 Å². The van der Waals surface area contributed by atoms with Crippen molar-refractivity contribution in [1.29, 1.82) is 0 Å². The third kappa shape index (κ3) is 2.84. The maximum absolute atomic E-state index is 12.7. The van der Waals surface area contributed by atoms with Crippen molar-refractivity contribution in [2.24, 2.45) is 0 Å². The van der Waals surface area contributed by atoms with Gasteiger partial charge in [0.1, 0.15) is 4.83 Å². The molecule has 2 aromatic heterocycles. The summed E-state index contributed by atoms with van der Waals surface area (Å²) in [6.45, 7) is 5.51. The number of thiophene rings is 1. The van der Waals surface area contributed by atoms with Crippen LogP contribution in [0.2, 0.25) is 0 Å².